The maximum absolute atomic E-state index is 5.80. The fraction of sp³-hybridized carbons (Fsp3) is 0.786. The van der Waals surface area contributed by atoms with Crippen LogP contribution in [-0.4, -0.2) is 18.1 Å². The monoisotopic (exact) mass is 270 g/mol. The van der Waals surface area contributed by atoms with Crippen LogP contribution >= 0.6 is 11.3 Å². The maximum atomic E-state index is 5.80. The van der Waals surface area contributed by atoms with E-state index in [0.29, 0.717) is 12.5 Å². The van der Waals surface area contributed by atoms with E-state index in [4.69, 9.17) is 9.72 Å². The van der Waals surface area contributed by atoms with Crippen molar-refractivity contribution in [3.05, 3.63) is 15.6 Å². The lowest BCUT2D eigenvalue weighted by Crippen LogP contribution is -2.21. The zero-order valence-electron chi connectivity index (χ0n) is 12.5. The minimum atomic E-state index is -0.284. The van der Waals surface area contributed by atoms with E-state index in [2.05, 4.69) is 39.9 Å². The van der Waals surface area contributed by atoms with Gasteiger partial charge in [-0.15, -0.1) is 11.3 Å². The molecule has 18 heavy (non-hydrogen) atoms. The first-order valence-corrected chi connectivity index (χ1v) is 7.58. The SMILES string of the molecule is CCNCc1sc(C(C)(C)OCC)nc1C(C)C. The van der Waals surface area contributed by atoms with Crippen molar-refractivity contribution in [1.82, 2.24) is 10.3 Å². The molecule has 1 aromatic heterocycles. The molecule has 0 fully saturated rings. The van der Waals surface area contributed by atoms with E-state index in [1.54, 1.807) is 11.3 Å². The van der Waals surface area contributed by atoms with Gasteiger partial charge in [0, 0.05) is 18.0 Å². The normalized spacial score (nSPS) is 12.4. The van der Waals surface area contributed by atoms with Crippen molar-refractivity contribution in [2.75, 3.05) is 13.2 Å². The van der Waals surface area contributed by atoms with Gasteiger partial charge in [-0.2, -0.15) is 0 Å². The summed E-state index contributed by atoms with van der Waals surface area (Å²) in [6, 6.07) is 0. The van der Waals surface area contributed by atoms with E-state index in [9.17, 15) is 0 Å². The smallest absolute Gasteiger partial charge is 0.125 e. The third kappa shape index (κ3) is 3.77. The van der Waals surface area contributed by atoms with E-state index in [1.807, 2.05) is 6.92 Å². The molecule has 3 nitrogen and oxygen atoms in total. The Balaban J connectivity index is 3.01. The van der Waals surface area contributed by atoms with Gasteiger partial charge >= 0.3 is 0 Å². The second-order valence-corrected chi connectivity index (χ2v) is 6.29. The highest BCUT2D eigenvalue weighted by Crippen LogP contribution is 2.33. The summed E-state index contributed by atoms with van der Waals surface area (Å²) in [5, 5.41) is 4.47. The van der Waals surface area contributed by atoms with Crippen molar-refractivity contribution in [1.29, 1.82) is 0 Å². The molecule has 0 aliphatic rings. The topological polar surface area (TPSA) is 34.1 Å². The first-order valence-electron chi connectivity index (χ1n) is 6.77. The van der Waals surface area contributed by atoms with Gasteiger partial charge in [0.1, 0.15) is 10.6 Å². The fourth-order valence-corrected chi connectivity index (χ4v) is 3.10. The van der Waals surface area contributed by atoms with Crippen LogP contribution in [0.3, 0.4) is 0 Å². The Morgan fingerprint density at radius 3 is 2.50 bits per heavy atom. The summed E-state index contributed by atoms with van der Waals surface area (Å²) in [5.74, 6) is 0.459. The Kier molecular flexibility index (Phi) is 5.76. The molecule has 0 aromatic carbocycles. The molecule has 0 unspecified atom stereocenters. The Morgan fingerprint density at radius 1 is 1.33 bits per heavy atom. The minimum Gasteiger partial charge on any atom is -0.369 e. The standard InChI is InChI=1S/C14H26N2OS/c1-7-15-9-11-12(10(3)4)16-13(18-11)14(5,6)17-8-2/h10,15H,7-9H2,1-6H3. The van der Waals surface area contributed by atoms with Gasteiger partial charge in [-0.25, -0.2) is 4.98 Å². The average molecular weight is 270 g/mol. The highest BCUT2D eigenvalue weighted by Gasteiger charge is 2.27. The first-order chi connectivity index (χ1) is 8.42. The van der Waals surface area contributed by atoms with Crippen molar-refractivity contribution in [2.45, 2.75) is 59.6 Å². The number of nitrogens with one attached hydrogen (secondary N) is 1. The van der Waals surface area contributed by atoms with Crippen molar-refractivity contribution in [3.63, 3.8) is 0 Å². The zero-order chi connectivity index (χ0) is 13.8. The van der Waals surface area contributed by atoms with Gasteiger partial charge in [-0.05, 0) is 33.2 Å². The van der Waals surface area contributed by atoms with Crippen LogP contribution in [0.1, 0.15) is 63.0 Å². The molecular formula is C14H26N2OS. The van der Waals surface area contributed by atoms with Gasteiger partial charge in [0.05, 0.1) is 5.69 Å². The molecule has 1 rings (SSSR count). The van der Waals surface area contributed by atoms with Gasteiger partial charge in [-0.1, -0.05) is 20.8 Å². The van der Waals surface area contributed by atoms with E-state index < -0.39 is 0 Å². The predicted molar refractivity (Wildman–Crippen MR) is 78.2 cm³/mol. The number of hydrogen-bond acceptors (Lipinski definition) is 4. The van der Waals surface area contributed by atoms with Crippen LogP contribution in [0.4, 0.5) is 0 Å². The number of nitrogens with zero attached hydrogens (tertiary/aromatic N) is 1. The third-order valence-corrected chi connectivity index (χ3v) is 4.21. The Hall–Kier alpha value is -0.450. The third-order valence-electron chi connectivity index (χ3n) is 2.83. The molecule has 1 heterocycles. The summed E-state index contributed by atoms with van der Waals surface area (Å²) in [5.41, 5.74) is 0.928. The minimum absolute atomic E-state index is 0.284. The van der Waals surface area contributed by atoms with Crippen LogP contribution in [0.15, 0.2) is 0 Å². The predicted octanol–water partition coefficient (Wildman–Crippen LogP) is 3.65. The van der Waals surface area contributed by atoms with Crippen molar-refractivity contribution in [3.8, 4) is 0 Å². The van der Waals surface area contributed by atoms with E-state index in [-0.39, 0.29) is 5.60 Å². The molecule has 0 saturated carbocycles. The molecular weight excluding hydrogens is 244 g/mol. The fourth-order valence-electron chi connectivity index (χ4n) is 1.86. The van der Waals surface area contributed by atoms with Crippen molar-refractivity contribution in [2.24, 2.45) is 0 Å². The van der Waals surface area contributed by atoms with Gasteiger partial charge < -0.3 is 10.1 Å². The number of rotatable bonds is 7. The summed E-state index contributed by atoms with van der Waals surface area (Å²) >= 11 is 1.78. The van der Waals surface area contributed by atoms with Gasteiger partial charge in [0.15, 0.2) is 0 Å². The van der Waals surface area contributed by atoms with Crippen molar-refractivity contribution < 1.29 is 4.74 Å². The maximum Gasteiger partial charge on any atom is 0.125 e. The molecule has 1 N–H and O–H groups in total. The second kappa shape index (κ2) is 6.64. The first kappa shape index (κ1) is 15.6. The van der Waals surface area contributed by atoms with Crippen molar-refractivity contribution >= 4 is 11.3 Å². The van der Waals surface area contributed by atoms with E-state index in [0.717, 1.165) is 18.1 Å². The lowest BCUT2D eigenvalue weighted by atomic mass is 10.1. The summed E-state index contributed by atoms with van der Waals surface area (Å²) in [4.78, 5) is 6.15. The molecule has 0 spiro atoms. The summed E-state index contributed by atoms with van der Waals surface area (Å²) in [7, 11) is 0. The molecule has 0 saturated heterocycles. The average Bonchev–Trinajstić information content (AvgIpc) is 2.71. The van der Waals surface area contributed by atoms with Crippen LogP contribution in [0.2, 0.25) is 0 Å². The van der Waals surface area contributed by atoms with Gasteiger partial charge in [0.2, 0.25) is 0 Å². The zero-order valence-corrected chi connectivity index (χ0v) is 13.3. The van der Waals surface area contributed by atoms with Crippen LogP contribution in [0, 0.1) is 0 Å². The second-order valence-electron chi connectivity index (χ2n) is 5.21. The number of ether oxygens (including phenoxy) is 1. The number of hydrogen-bond donors (Lipinski definition) is 1. The molecule has 0 aliphatic heterocycles. The van der Waals surface area contributed by atoms with Gasteiger partial charge in [0.25, 0.3) is 0 Å². The summed E-state index contributed by atoms with van der Waals surface area (Å²) in [6.45, 7) is 15.3. The Morgan fingerprint density at radius 2 is 2.00 bits per heavy atom. The quantitative estimate of drug-likeness (QED) is 0.821. The number of thiazole rings is 1. The van der Waals surface area contributed by atoms with Gasteiger partial charge in [-0.3, -0.25) is 0 Å². The molecule has 1 aromatic rings. The highest BCUT2D eigenvalue weighted by atomic mass is 32.1. The Labute approximate surface area is 115 Å². The molecule has 0 aliphatic carbocycles. The molecule has 0 atom stereocenters. The van der Waals surface area contributed by atoms with Crippen LogP contribution in [0.5, 0.6) is 0 Å². The molecule has 0 amide bonds. The van der Waals surface area contributed by atoms with Crippen LogP contribution in [0.25, 0.3) is 0 Å². The molecule has 104 valence electrons. The van der Waals surface area contributed by atoms with E-state index in [1.165, 1.54) is 10.6 Å². The molecule has 0 radical (unpaired) electrons. The lowest BCUT2D eigenvalue weighted by Gasteiger charge is -2.21. The lowest BCUT2D eigenvalue weighted by molar-refractivity contribution is -0.0142. The Bertz CT molecular complexity index is 372. The van der Waals surface area contributed by atoms with Crippen LogP contribution in [-0.2, 0) is 16.9 Å². The molecule has 0 bridgehead atoms. The number of aromatic nitrogens is 1. The summed E-state index contributed by atoms with van der Waals surface area (Å²) in [6.07, 6.45) is 0. The largest absolute Gasteiger partial charge is 0.369 e. The van der Waals surface area contributed by atoms with E-state index >= 15 is 0 Å². The summed E-state index contributed by atoms with van der Waals surface area (Å²) < 4.78 is 5.80. The van der Waals surface area contributed by atoms with Crippen LogP contribution < -0.4 is 5.32 Å². The highest BCUT2D eigenvalue weighted by molar-refractivity contribution is 7.11. The molecule has 4 heteroatoms.